The molecule has 4 nitrogen and oxygen atoms in total. The van der Waals surface area contributed by atoms with Crippen molar-refractivity contribution in [1.29, 1.82) is 0 Å². The monoisotopic (exact) mass is 240 g/mol. The minimum absolute atomic E-state index is 0.0144. The van der Waals surface area contributed by atoms with Crippen molar-refractivity contribution in [2.75, 3.05) is 13.1 Å². The number of carbonyl (C=O) groups is 2. The Labute approximate surface area is 104 Å². The van der Waals surface area contributed by atoms with Crippen LogP contribution in [-0.2, 0) is 9.59 Å². The van der Waals surface area contributed by atoms with Gasteiger partial charge in [-0.05, 0) is 18.3 Å². The highest BCUT2D eigenvalue weighted by molar-refractivity contribution is 5.97. The van der Waals surface area contributed by atoms with Crippen LogP contribution < -0.4 is 5.32 Å². The van der Waals surface area contributed by atoms with Crippen molar-refractivity contribution < 1.29 is 9.59 Å². The van der Waals surface area contributed by atoms with E-state index in [-0.39, 0.29) is 23.8 Å². The van der Waals surface area contributed by atoms with Crippen molar-refractivity contribution in [2.24, 2.45) is 5.41 Å². The fourth-order valence-corrected chi connectivity index (χ4v) is 2.34. The predicted molar refractivity (Wildman–Crippen MR) is 67.5 cm³/mol. The molecule has 0 aromatic carbocycles. The second kappa shape index (κ2) is 4.67. The number of carbonyl (C=O) groups excluding carboxylic acids is 2. The van der Waals surface area contributed by atoms with Crippen LogP contribution in [0.25, 0.3) is 0 Å². The van der Waals surface area contributed by atoms with E-state index in [1.165, 1.54) is 0 Å². The zero-order valence-corrected chi connectivity index (χ0v) is 11.6. The number of piperazine rings is 1. The van der Waals surface area contributed by atoms with Gasteiger partial charge in [-0.1, -0.05) is 34.6 Å². The standard InChI is InChI=1S/C13H24N2O2/c1-6-13(7-2)11(17)15(8-10(16)14-13)9-12(3,4)5/h6-9H2,1-5H3,(H,14,16). The lowest BCUT2D eigenvalue weighted by molar-refractivity contribution is -0.151. The molecule has 0 bridgehead atoms. The summed E-state index contributed by atoms with van der Waals surface area (Å²) in [5.74, 6) is 0.0228. The van der Waals surface area contributed by atoms with Crippen LogP contribution in [0.1, 0.15) is 47.5 Å². The van der Waals surface area contributed by atoms with E-state index in [0.29, 0.717) is 19.4 Å². The summed E-state index contributed by atoms with van der Waals surface area (Å²) in [6.45, 7) is 10.9. The number of hydrogen-bond acceptors (Lipinski definition) is 2. The number of amides is 2. The summed E-state index contributed by atoms with van der Waals surface area (Å²) in [6.07, 6.45) is 1.30. The van der Waals surface area contributed by atoms with Gasteiger partial charge in [-0.2, -0.15) is 0 Å². The van der Waals surface area contributed by atoms with Gasteiger partial charge in [0.1, 0.15) is 5.54 Å². The normalized spacial score (nSPS) is 20.4. The highest BCUT2D eigenvalue weighted by atomic mass is 16.2. The van der Waals surface area contributed by atoms with E-state index in [9.17, 15) is 9.59 Å². The van der Waals surface area contributed by atoms with Crippen molar-refractivity contribution in [1.82, 2.24) is 10.2 Å². The third-order valence-electron chi connectivity index (χ3n) is 3.28. The molecule has 17 heavy (non-hydrogen) atoms. The first kappa shape index (κ1) is 14.0. The van der Waals surface area contributed by atoms with Gasteiger partial charge in [0.2, 0.25) is 11.8 Å². The fourth-order valence-electron chi connectivity index (χ4n) is 2.34. The number of rotatable bonds is 3. The van der Waals surface area contributed by atoms with Gasteiger partial charge < -0.3 is 10.2 Å². The van der Waals surface area contributed by atoms with E-state index in [2.05, 4.69) is 26.1 Å². The topological polar surface area (TPSA) is 49.4 Å². The van der Waals surface area contributed by atoms with Crippen molar-refractivity contribution >= 4 is 11.8 Å². The largest absolute Gasteiger partial charge is 0.340 e. The molecule has 0 radical (unpaired) electrons. The smallest absolute Gasteiger partial charge is 0.248 e. The van der Waals surface area contributed by atoms with Crippen LogP contribution in [0.5, 0.6) is 0 Å². The molecule has 0 atom stereocenters. The lowest BCUT2D eigenvalue weighted by atomic mass is 9.87. The third-order valence-corrected chi connectivity index (χ3v) is 3.28. The Balaban J connectivity index is 2.93. The van der Waals surface area contributed by atoms with Crippen LogP contribution in [-0.4, -0.2) is 35.3 Å². The molecule has 1 fully saturated rings. The second-order valence-corrected chi connectivity index (χ2v) is 6.06. The molecule has 0 aliphatic carbocycles. The maximum absolute atomic E-state index is 12.4. The number of nitrogens with one attached hydrogen (secondary N) is 1. The van der Waals surface area contributed by atoms with Crippen LogP contribution >= 0.6 is 0 Å². The lowest BCUT2D eigenvalue weighted by Crippen LogP contribution is -2.66. The minimum Gasteiger partial charge on any atom is -0.340 e. The van der Waals surface area contributed by atoms with Gasteiger partial charge in [0.25, 0.3) is 0 Å². The molecule has 1 N–H and O–H groups in total. The molecule has 0 saturated carbocycles. The summed E-state index contributed by atoms with van der Waals surface area (Å²) >= 11 is 0. The van der Waals surface area contributed by atoms with Crippen LogP contribution in [0, 0.1) is 5.41 Å². The summed E-state index contributed by atoms with van der Waals surface area (Å²) in [5.41, 5.74) is -0.666. The molecule has 0 aromatic rings. The summed E-state index contributed by atoms with van der Waals surface area (Å²) < 4.78 is 0. The van der Waals surface area contributed by atoms with Crippen LogP contribution in [0.4, 0.5) is 0 Å². The summed E-state index contributed by atoms with van der Waals surface area (Å²) in [6, 6.07) is 0. The van der Waals surface area contributed by atoms with Crippen LogP contribution in [0.2, 0.25) is 0 Å². The Kier molecular flexibility index (Phi) is 3.84. The first-order chi connectivity index (χ1) is 7.74. The van der Waals surface area contributed by atoms with Crippen molar-refractivity contribution in [2.45, 2.75) is 53.0 Å². The maximum atomic E-state index is 12.4. The summed E-state index contributed by atoms with van der Waals surface area (Å²) in [4.78, 5) is 25.9. The van der Waals surface area contributed by atoms with Gasteiger partial charge in [0.15, 0.2) is 0 Å². The molecular weight excluding hydrogens is 216 g/mol. The first-order valence-electron chi connectivity index (χ1n) is 6.34. The van der Waals surface area contributed by atoms with E-state index < -0.39 is 5.54 Å². The molecule has 1 saturated heterocycles. The average molecular weight is 240 g/mol. The van der Waals surface area contributed by atoms with Crippen LogP contribution in [0.15, 0.2) is 0 Å². The highest BCUT2D eigenvalue weighted by Gasteiger charge is 2.44. The minimum atomic E-state index is -0.680. The molecule has 1 rings (SSSR count). The molecule has 0 aromatic heterocycles. The molecule has 1 aliphatic heterocycles. The van der Waals surface area contributed by atoms with Gasteiger partial charge >= 0.3 is 0 Å². The van der Waals surface area contributed by atoms with Crippen molar-refractivity contribution in [3.8, 4) is 0 Å². The summed E-state index contributed by atoms with van der Waals surface area (Å²) in [7, 11) is 0. The Bertz CT molecular complexity index is 314. The Morgan fingerprint density at radius 1 is 1.24 bits per heavy atom. The van der Waals surface area contributed by atoms with E-state index in [4.69, 9.17) is 0 Å². The second-order valence-electron chi connectivity index (χ2n) is 6.06. The molecular formula is C13H24N2O2. The molecule has 0 unspecified atom stereocenters. The average Bonchev–Trinajstić information content (AvgIpc) is 2.21. The molecule has 2 amide bonds. The van der Waals surface area contributed by atoms with Gasteiger partial charge in [-0.25, -0.2) is 0 Å². The fraction of sp³-hybridized carbons (Fsp3) is 0.846. The molecule has 0 spiro atoms. The van der Waals surface area contributed by atoms with Gasteiger partial charge in [-0.15, -0.1) is 0 Å². The lowest BCUT2D eigenvalue weighted by Gasteiger charge is -2.43. The van der Waals surface area contributed by atoms with Gasteiger partial charge in [0.05, 0.1) is 6.54 Å². The van der Waals surface area contributed by atoms with Gasteiger partial charge in [0, 0.05) is 6.54 Å². The highest BCUT2D eigenvalue weighted by Crippen LogP contribution is 2.25. The zero-order valence-electron chi connectivity index (χ0n) is 11.6. The SMILES string of the molecule is CCC1(CC)NC(=O)CN(CC(C)(C)C)C1=O. The van der Waals surface area contributed by atoms with Crippen LogP contribution in [0.3, 0.4) is 0 Å². The third kappa shape index (κ3) is 2.99. The number of nitrogens with zero attached hydrogens (tertiary/aromatic N) is 1. The Morgan fingerprint density at radius 3 is 2.18 bits per heavy atom. The van der Waals surface area contributed by atoms with E-state index in [1.54, 1.807) is 4.90 Å². The van der Waals surface area contributed by atoms with E-state index in [1.807, 2.05) is 13.8 Å². The summed E-state index contributed by atoms with van der Waals surface area (Å²) in [5, 5.41) is 2.86. The zero-order chi connectivity index (χ0) is 13.3. The molecule has 1 heterocycles. The Hall–Kier alpha value is -1.06. The van der Waals surface area contributed by atoms with E-state index >= 15 is 0 Å². The predicted octanol–water partition coefficient (Wildman–Crippen LogP) is 1.55. The molecule has 98 valence electrons. The quantitative estimate of drug-likeness (QED) is 0.813. The maximum Gasteiger partial charge on any atom is 0.248 e. The van der Waals surface area contributed by atoms with E-state index in [0.717, 1.165) is 0 Å². The Morgan fingerprint density at radius 2 is 1.76 bits per heavy atom. The molecule has 4 heteroatoms. The number of hydrogen-bond donors (Lipinski definition) is 1. The first-order valence-corrected chi connectivity index (χ1v) is 6.34. The van der Waals surface area contributed by atoms with Crippen molar-refractivity contribution in [3.63, 3.8) is 0 Å². The van der Waals surface area contributed by atoms with Gasteiger partial charge in [-0.3, -0.25) is 9.59 Å². The van der Waals surface area contributed by atoms with Crippen molar-refractivity contribution in [3.05, 3.63) is 0 Å². The molecule has 1 aliphatic rings.